The Morgan fingerprint density at radius 2 is 2.23 bits per heavy atom. The highest BCUT2D eigenvalue weighted by Gasteiger charge is 2.39. The average Bonchev–Trinajstić information content (AvgIpc) is 3.07. The number of terminal acetylenes is 1. The van der Waals surface area contributed by atoms with E-state index >= 15 is 0 Å². The summed E-state index contributed by atoms with van der Waals surface area (Å²) < 4.78 is 0. The van der Waals surface area contributed by atoms with Gasteiger partial charge in [-0.3, -0.25) is 4.79 Å². The Balaban J connectivity index is 1.81. The smallest absolute Gasteiger partial charge is 0.222 e. The van der Waals surface area contributed by atoms with Crippen LogP contribution in [0.15, 0.2) is 21.8 Å². The number of rotatable bonds is 9. The molecule has 0 aromatic carbocycles. The molecule has 1 aromatic heterocycles. The maximum absolute atomic E-state index is 12.5. The molecule has 0 saturated carbocycles. The van der Waals surface area contributed by atoms with Gasteiger partial charge in [0.25, 0.3) is 0 Å². The van der Waals surface area contributed by atoms with Gasteiger partial charge in [0.15, 0.2) is 5.66 Å². The van der Waals surface area contributed by atoms with Gasteiger partial charge < -0.3 is 4.90 Å². The van der Waals surface area contributed by atoms with Gasteiger partial charge in [0.1, 0.15) is 0 Å². The van der Waals surface area contributed by atoms with Crippen LogP contribution < -0.4 is 0 Å². The summed E-state index contributed by atoms with van der Waals surface area (Å²) in [5.74, 6) is 2.76. The zero-order valence-electron chi connectivity index (χ0n) is 13.2. The zero-order valence-corrected chi connectivity index (χ0v) is 14.0. The highest BCUT2D eigenvalue weighted by Crippen LogP contribution is 2.37. The second-order valence-corrected chi connectivity index (χ2v) is 6.72. The molecule has 0 unspecified atom stereocenters. The first kappa shape index (κ1) is 16.6. The van der Waals surface area contributed by atoms with Crippen LogP contribution in [-0.2, 0) is 11.2 Å². The summed E-state index contributed by atoms with van der Waals surface area (Å²) in [6.07, 6.45) is 10.4. The molecule has 0 spiro atoms. The summed E-state index contributed by atoms with van der Waals surface area (Å²) in [5, 5.41) is 11.2. The molecule has 1 aliphatic heterocycles. The topological polar surface area (TPSA) is 57.9 Å². The van der Waals surface area contributed by atoms with Crippen molar-refractivity contribution in [2.24, 2.45) is 10.2 Å². The average molecular weight is 318 g/mol. The Morgan fingerprint density at radius 1 is 1.45 bits per heavy atom. The quantitative estimate of drug-likeness (QED) is 0.656. The number of amides is 1. The van der Waals surface area contributed by atoms with Crippen molar-refractivity contribution in [3.63, 3.8) is 0 Å². The van der Waals surface area contributed by atoms with E-state index in [9.17, 15) is 4.79 Å². The van der Waals surface area contributed by atoms with Gasteiger partial charge in [0.05, 0.1) is 5.01 Å². The van der Waals surface area contributed by atoms with Crippen molar-refractivity contribution in [2.45, 2.75) is 57.7 Å². The molecular weight excluding hydrogens is 296 g/mol. The van der Waals surface area contributed by atoms with Gasteiger partial charge >= 0.3 is 0 Å². The second-order valence-electron chi connectivity index (χ2n) is 5.74. The molecule has 6 heteroatoms. The largest absolute Gasteiger partial charge is 0.340 e. The molecule has 1 aromatic rings. The number of nitrogens with zero attached hydrogens (tertiary/aromatic N) is 4. The summed E-state index contributed by atoms with van der Waals surface area (Å²) in [6, 6.07) is 0.183. The first-order valence-corrected chi connectivity index (χ1v) is 8.50. The Hall–Kier alpha value is -1.74. The van der Waals surface area contributed by atoms with Crippen molar-refractivity contribution >= 4 is 17.2 Å². The second kappa shape index (κ2) is 7.50. The van der Waals surface area contributed by atoms with E-state index < -0.39 is 0 Å². The minimum absolute atomic E-state index is 0.156. The lowest BCUT2D eigenvalue weighted by molar-refractivity contribution is -0.133. The van der Waals surface area contributed by atoms with Crippen LogP contribution in [0.25, 0.3) is 0 Å². The minimum Gasteiger partial charge on any atom is -0.340 e. The lowest BCUT2D eigenvalue weighted by Gasteiger charge is -2.27. The van der Waals surface area contributed by atoms with Crippen molar-refractivity contribution in [3.05, 3.63) is 16.6 Å². The van der Waals surface area contributed by atoms with Crippen molar-refractivity contribution in [3.8, 4) is 12.3 Å². The van der Waals surface area contributed by atoms with Gasteiger partial charge in [0, 0.05) is 56.3 Å². The Kier molecular flexibility index (Phi) is 5.67. The summed E-state index contributed by atoms with van der Waals surface area (Å²) in [4.78, 5) is 18.7. The predicted molar refractivity (Wildman–Crippen MR) is 87.6 cm³/mol. The normalized spacial score (nSPS) is 14.8. The van der Waals surface area contributed by atoms with E-state index in [1.807, 2.05) is 24.1 Å². The molecule has 0 atom stereocenters. The SMILES string of the molecule is C#CCCC1(CCC(=O)N(CCc2nccs2)C(C)C)N=N1. The molecule has 5 nitrogen and oxygen atoms in total. The highest BCUT2D eigenvalue weighted by atomic mass is 32.1. The van der Waals surface area contributed by atoms with E-state index in [1.54, 1.807) is 17.5 Å². The third-order valence-electron chi connectivity index (χ3n) is 3.79. The lowest BCUT2D eigenvalue weighted by atomic mass is 10.0. The van der Waals surface area contributed by atoms with Gasteiger partial charge in [-0.05, 0) is 13.8 Å². The van der Waals surface area contributed by atoms with Crippen LogP contribution in [-0.4, -0.2) is 34.0 Å². The fourth-order valence-corrected chi connectivity index (χ4v) is 2.99. The van der Waals surface area contributed by atoms with Crippen LogP contribution in [0.5, 0.6) is 0 Å². The molecule has 2 heterocycles. The van der Waals surface area contributed by atoms with E-state index in [4.69, 9.17) is 6.42 Å². The Morgan fingerprint density at radius 3 is 2.77 bits per heavy atom. The number of thiazole rings is 1. The van der Waals surface area contributed by atoms with Crippen LogP contribution in [0.1, 0.15) is 44.5 Å². The zero-order chi connectivity index (χ0) is 16.0. The third kappa shape index (κ3) is 4.63. The number of hydrogen-bond donors (Lipinski definition) is 0. The molecule has 0 radical (unpaired) electrons. The molecule has 1 amide bonds. The summed E-state index contributed by atoms with van der Waals surface area (Å²) >= 11 is 1.63. The van der Waals surface area contributed by atoms with Crippen LogP contribution in [0, 0.1) is 12.3 Å². The summed E-state index contributed by atoms with van der Waals surface area (Å²) in [6.45, 7) is 4.79. The molecule has 0 fully saturated rings. The van der Waals surface area contributed by atoms with E-state index in [-0.39, 0.29) is 17.6 Å². The maximum Gasteiger partial charge on any atom is 0.222 e. The minimum atomic E-state index is -0.375. The first-order chi connectivity index (χ1) is 10.6. The van der Waals surface area contributed by atoms with E-state index in [2.05, 4.69) is 21.1 Å². The molecule has 1 aliphatic rings. The molecule has 2 rings (SSSR count). The molecule has 0 aliphatic carbocycles. The van der Waals surface area contributed by atoms with Crippen molar-refractivity contribution < 1.29 is 4.79 Å². The Labute approximate surface area is 135 Å². The van der Waals surface area contributed by atoms with Crippen molar-refractivity contribution in [1.82, 2.24) is 9.88 Å². The predicted octanol–water partition coefficient (Wildman–Crippen LogP) is 3.28. The monoisotopic (exact) mass is 318 g/mol. The van der Waals surface area contributed by atoms with Crippen molar-refractivity contribution in [1.29, 1.82) is 0 Å². The summed E-state index contributed by atoms with van der Waals surface area (Å²) in [7, 11) is 0. The van der Waals surface area contributed by atoms with Crippen LogP contribution in [0.3, 0.4) is 0 Å². The Bertz CT molecular complexity index is 553. The number of hydrogen-bond acceptors (Lipinski definition) is 5. The fraction of sp³-hybridized carbons (Fsp3) is 0.625. The first-order valence-electron chi connectivity index (χ1n) is 7.62. The van der Waals surface area contributed by atoms with E-state index in [0.29, 0.717) is 25.8 Å². The standard InChI is InChI=1S/C16H22N4OS/c1-4-5-8-16(18-19-16)9-6-15(21)20(13(2)3)11-7-14-17-10-12-22-14/h1,10,12-13H,5-9,11H2,2-3H3. The van der Waals surface area contributed by atoms with Gasteiger partial charge in [-0.15, -0.1) is 23.7 Å². The number of carbonyl (C=O) groups is 1. The molecule has 0 N–H and O–H groups in total. The molecular formula is C16H22N4OS. The fourth-order valence-electron chi connectivity index (χ4n) is 2.38. The number of aromatic nitrogens is 1. The summed E-state index contributed by atoms with van der Waals surface area (Å²) in [5.41, 5.74) is -0.375. The van der Waals surface area contributed by atoms with Gasteiger partial charge in [0.2, 0.25) is 5.91 Å². The molecule has 118 valence electrons. The third-order valence-corrected chi connectivity index (χ3v) is 4.62. The van der Waals surface area contributed by atoms with Gasteiger partial charge in [-0.1, -0.05) is 0 Å². The van der Waals surface area contributed by atoms with Crippen LogP contribution >= 0.6 is 11.3 Å². The van der Waals surface area contributed by atoms with E-state index in [0.717, 1.165) is 17.8 Å². The van der Waals surface area contributed by atoms with E-state index in [1.165, 1.54) is 0 Å². The van der Waals surface area contributed by atoms with Gasteiger partial charge in [-0.2, -0.15) is 10.2 Å². The molecule has 22 heavy (non-hydrogen) atoms. The van der Waals surface area contributed by atoms with Gasteiger partial charge in [-0.25, -0.2) is 4.98 Å². The maximum atomic E-state index is 12.5. The highest BCUT2D eigenvalue weighted by molar-refractivity contribution is 7.09. The molecule has 0 saturated heterocycles. The number of carbonyl (C=O) groups excluding carboxylic acids is 1. The van der Waals surface area contributed by atoms with Crippen LogP contribution in [0.2, 0.25) is 0 Å². The van der Waals surface area contributed by atoms with Crippen molar-refractivity contribution in [2.75, 3.05) is 6.54 Å². The van der Waals surface area contributed by atoms with Crippen LogP contribution in [0.4, 0.5) is 0 Å². The lowest BCUT2D eigenvalue weighted by Crippen LogP contribution is -2.38. The molecule has 0 bridgehead atoms.